The normalized spacial score (nSPS) is 12.5. The van der Waals surface area contributed by atoms with Gasteiger partial charge in [-0.3, -0.25) is 9.69 Å². The zero-order valence-electron chi connectivity index (χ0n) is 13.9. The number of carboxylic acids is 1. The Kier molecular flexibility index (Phi) is 6.36. The Balaban J connectivity index is 2.09. The van der Waals surface area contributed by atoms with Gasteiger partial charge in [0.25, 0.3) is 0 Å². The molecule has 0 spiro atoms. The number of hydrogen-bond acceptors (Lipinski definition) is 2. The molecule has 3 nitrogen and oxygen atoms in total. The third-order valence-electron chi connectivity index (χ3n) is 4.30. The van der Waals surface area contributed by atoms with Gasteiger partial charge in [0.15, 0.2) is 0 Å². The van der Waals surface area contributed by atoms with Crippen molar-refractivity contribution in [2.45, 2.75) is 25.8 Å². The molecule has 0 aromatic heterocycles. The lowest BCUT2D eigenvalue weighted by Crippen LogP contribution is -2.39. The van der Waals surface area contributed by atoms with Gasteiger partial charge in [-0.05, 0) is 43.9 Å². The Morgan fingerprint density at radius 3 is 1.78 bits per heavy atom. The van der Waals surface area contributed by atoms with E-state index < -0.39 is 12.0 Å². The van der Waals surface area contributed by atoms with Crippen molar-refractivity contribution in [1.82, 2.24) is 4.90 Å². The molecule has 0 saturated carbocycles. The molecule has 0 aliphatic carbocycles. The van der Waals surface area contributed by atoms with Crippen molar-refractivity contribution < 1.29 is 9.90 Å². The highest BCUT2D eigenvalue weighted by molar-refractivity contribution is 5.72. The van der Waals surface area contributed by atoms with Crippen LogP contribution in [0.2, 0.25) is 0 Å². The number of likely N-dealkylation sites (N-methyl/N-ethyl adjacent to an activating group) is 1. The third kappa shape index (κ3) is 5.53. The predicted octanol–water partition coefficient (Wildman–Crippen LogP) is 3.49. The van der Waals surface area contributed by atoms with Crippen molar-refractivity contribution >= 4 is 5.97 Å². The molecule has 23 heavy (non-hydrogen) atoms. The first-order valence-corrected chi connectivity index (χ1v) is 8.07. The van der Waals surface area contributed by atoms with Crippen LogP contribution in [0.25, 0.3) is 0 Å². The van der Waals surface area contributed by atoms with Gasteiger partial charge in [-0.2, -0.15) is 0 Å². The average molecular weight is 311 g/mol. The van der Waals surface area contributed by atoms with Gasteiger partial charge in [-0.1, -0.05) is 60.7 Å². The maximum Gasteiger partial charge on any atom is 0.320 e. The van der Waals surface area contributed by atoms with Crippen LogP contribution in [0.15, 0.2) is 60.7 Å². The maximum atomic E-state index is 11.2. The van der Waals surface area contributed by atoms with E-state index in [9.17, 15) is 9.90 Å². The lowest BCUT2D eigenvalue weighted by Gasteiger charge is -2.27. The number of hydrogen-bond donors (Lipinski definition) is 1. The Hall–Kier alpha value is -2.13. The molecule has 2 aromatic rings. The second-order valence-corrected chi connectivity index (χ2v) is 6.20. The predicted molar refractivity (Wildman–Crippen MR) is 93.5 cm³/mol. The molecule has 0 heterocycles. The average Bonchev–Trinajstić information content (AvgIpc) is 2.55. The monoisotopic (exact) mass is 311 g/mol. The van der Waals surface area contributed by atoms with Crippen LogP contribution in [-0.2, 0) is 17.6 Å². The summed E-state index contributed by atoms with van der Waals surface area (Å²) in [4.78, 5) is 13.1. The number of rotatable bonds is 8. The minimum atomic E-state index is -0.773. The van der Waals surface area contributed by atoms with Gasteiger partial charge in [-0.15, -0.1) is 0 Å². The van der Waals surface area contributed by atoms with Crippen LogP contribution < -0.4 is 0 Å². The van der Waals surface area contributed by atoms with Crippen molar-refractivity contribution in [1.29, 1.82) is 0 Å². The first kappa shape index (κ1) is 17.2. The third-order valence-corrected chi connectivity index (χ3v) is 4.30. The molecule has 1 atom stereocenters. The molecule has 0 amide bonds. The molecular formula is C20H25NO2. The van der Waals surface area contributed by atoms with E-state index in [2.05, 4.69) is 48.5 Å². The van der Waals surface area contributed by atoms with Crippen molar-refractivity contribution in [2.24, 2.45) is 5.92 Å². The van der Waals surface area contributed by atoms with Crippen LogP contribution >= 0.6 is 0 Å². The molecule has 0 radical (unpaired) electrons. The molecule has 1 N–H and O–H groups in total. The van der Waals surface area contributed by atoms with E-state index >= 15 is 0 Å². The van der Waals surface area contributed by atoms with Gasteiger partial charge < -0.3 is 5.11 Å². The summed E-state index contributed by atoms with van der Waals surface area (Å²) in [5.74, 6) is -0.391. The minimum absolute atomic E-state index is 0.381. The molecule has 0 fully saturated rings. The van der Waals surface area contributed by atoms with Gasteiger partial charge in [-0.25, -0.2) is 0 Å². The molecule has 2 rings (SSSR count). The maximum absolute atomic E-state index is 11.2. The Labute approximate surface area is 138 Å². The Bertz CT molecular complexity index is 556. The highest BCUT2D eigenvalue weighted by Crippen LogP contribution is 2.17. The highest BCUT2D eigenvalue weighted by Gasteiger charge is 2.21. The van der Waals surface area contributed by atoms with Crippen LogP contribution in [0.1, 0.15) is 18.1 Å². The quantitative estimate of drug-likeness (QED) is 0.811. The van der Waals surface area contributed by atoms with E-state index in [0.717, 1.165) is 19.4 Å². The molecule has 3 heteroatoms. The van der Waals surface area contributed by atoms with Gasteiger partial charge in [0.1, 0.15) is 6.04 Å². The van der Waals surface area contributed by atoms with Crippen molar-refractivity contribution in [2.75, 3.05) is 13.6 Å². The van der Waals surface area contributed by atoms with Crippen LogP contribution in [0, 0.1) is 5.92 Å². The number of carbonyl (C=O) groups is 1. The fraction of sp³-hybridized carbons (Fsp3) is 0.350. The van der Waals surface area contributed by atoms with E-state index in [4.69, 9.17) is 0 Å². The zero-order chi connectivity index (χ0) is 16.7. The topological polar surface area (TPSA) is 40.5 Å². The smallest absolute Gasteiger partial charge is 0.320 e. The van der Waals surface area contributed by atoms with Crippen molar-refractivity contribution in [3.63, 3.8) is 0 Å². The first-order chi connectivity index (χ1) is 11.1. The van der Waals surface area contributed by atoms with E-state index in [1.807, 2.05) is 24.1 Å². The lowest BCUT2D eigenvalue weighted by atomic mass is 9.92. The standard InChI is InChI=1S/C20H25NO2/c1-16(20(22)23)21(2)15-19(13-17-9-5-3-6-10-17)14-18-11-7-4-8-12-18/h3-12,16,19H,13-15H2,1-2H3,(H,22,23). The first-order valence-electron chi connectivity index (χ1n) is 8.07. The fourth-order valence-corrected chi connectivity index (χ4v) is 2.85. The molecular weight excluding hydrogens is 286 g/mol. The summed E-state index contributed by atoms with van der Waals surface area (Å²) >= 11 is 0. The lowest BCUT2D eigenvalue weighted by molar-refractivity contribution is -0.142. The van der Waals surface area contributed by atoms with E-state index in [-0.39, 0.29) is 0 Å². The van der Waals surface area contributed by atoms with E-state index in [0.29, 0.717) is 5.92 Å². The summed E-state index contributed by atoms with van der Waals surface area (Å²) in [6.07, 6.45) is 1.90. The summed E-state index contributed by atoms with van der Waals surface area (Å²) in [6.45, 7) is 2.50. The van der Waals surface area contributed by atoms with Crippen molar-refractivity contribution in [3.05, 3.63) is 71.8 Å². The van der Waals surface area contributed by atoms with Gasteiger partial charge >= 0.3 is 5.97 Å². The number of benzene rings is 2. The summed E-state index contributed by atoms with van der Waals surface area (Å²) < 4.78 is 0. The molecule has 0 aliphatic heterocycles. The fourth-order valence-electron chi connectivity index (χ4n) is 2.85. The van der Waals surface area contributed by atoms with E-state index in [1.54, 1.807) is 6.92 Å². The summed E-state index contributed by atoms with van der Waals surface area (Å²) in [5.41, 5.74) is 2.59. The summed E-state index contributed by atoms with van der Waals surface area (Å²) in [7, 11) is 1.89. The number of aliphatic carboxylic acids is 1. The Morgan fingerprint density at radius 1 is 0.957 bits per heavy atom. The van der Waals surface area contributed by atoms with Crippen LogP contribution in [-0.4, -0.2) is 35.6 Å². The minimum Gasteiger partial charge on any atom is -0.480 e. The molecule has 0 bridgehead atoms. The second-order valence-electron chi connectivity index (χ2n) is 6.20. The summed E-state index contributed by atoms with van der Waals surface area (Å²) in [6, 6.07) is 20.3. The van der Waals surface area contributed by atoms with E-state index in [1.165, 1.54) is 11.1 Å². The Morgan fingerprint density at radius 2 is 1.39 bits per heavy atom. The number of carboxylic acid groups (broad SMARTS) is 1. The van der Waals surface area contributed by atoms with Gasteiger partial charge in [0.05, 0.1) is 0 Å². The molecule has 122 valence electrons. The van der Waals surface area contributed by atoms with Crippen LogP contribution in [0.5, 0.6) is 0 Å². The largest absolute Gasteiger partial charge is 0.480 e. The molecule has 0 aliphatic rings. The van der Waals surface area contributed by atoms with Crippen LogP contribution in [0.3, 0.4) is 0 Å². The molecule has 1 unspecified atom stereocenters. The second kappa shape index (κ2) is 8.49. The molecule has 2 aromatic carbocycles. The summed E-state index contributed by atoms with van der Waals surface area (Å²) in [5, 5.41) is 9.20. The highest BCUT2D eigenvalue weighted by atomic mass is 16.4. The number of nitrogens with zero attached hydrogens (tertiary/aromatic N) is 1. The van der Waals surface area contributed by atoms with Crippen LogP contribution in [0.4, 0.5) is 0 Å². The SMILES string of the molecule is CC(C(=O)O)N(C)CC(Cc1ccccc1)Cc1ccccc1. The van der Waals surface area contributed by atoms with Gasteiger partial charge in [0.2, 0.25) is 0 Å². The van der Waals surface area contributed by atoms with Crippen molar-refractivity contribution in [3.8, 4) is 0 Å². The zero-order valence-corrected chi connectivity index (χ0v) is 13.9. The molecule has 0 saturated heterocycles. The van der Waals surface area contributed by atoms with Gasteiger partial charge in [0, 0.05) is 6.54 Å².